The van der Waals surface area contributed by atoms with E-state index in [9.17, 15) is 0 Å². The van der Waals surface area contributed by atoms with Gasteiger partial charge in [0, 0.05) is 21.4 Å². The Morgan fingerprint density at radius 1 is 0.388 bits per heavy atom. The Morgan fingerprint density at radius 2 is 0.812 bits per heavy atom. The van der Waals surface area contributed by atoms with Gasteiger partial charge in [-0.1, -0.05) is 158 Å². The first kappa shape index (κ1) is 48.3. The van der Waals surface area contributed by atoms with Crippen molar-refractivity contribution in [3.63, 3.8) is 0 Å². The second-order valence-corrected chi connectivity index (χ2v) is 23.0. The molecule has 386 valence electrons. The molecule has 0 saturated carbocycles. The zero-order valence-corrected chi connectivity index (χ0v) is 46.4. The molecule has 10 aromatic carbocycles. The largest absolute Gasteiger partial charge is 0.494 e. The molecular formula is C70H54BBrN6O2. The minimum Gasteiger partial charge on any atom is -0.399 e. The van der Waals surface area contributed by atoms with Gasteiger partial charge in [-0.3, -0.25) is 17.9 Å². The van der Waals surface area contributed by atoms with Crippen molar-refractivity contribution in [2.24, 2.45) is 0 Å². The Hall–Kier alpha value is -8.80. The first-order valence-corrected chi connectivity index (χ1v) is 28.2. The molecule has 4 aromatic heterocycles. The third-order valence-corrected chi connectivity index (χ3v) is 17.5. The van der Waals surface area contributed by atoms with Crippen molar-refractivity contribution in [1.29, 1.82) is 0 Å². The Labute approximate surface area is 472 Å². The summed E-state index contributed by atoms with van der Waals surface area (Å²) in [7, 11) is -0.289. The van der Waals surface area contributed by atoms with Gasteiger partial charge >= 0.3 is 7.12 Å². The van der Waals surface area contributed by atoms with Crippen LogP contribution in [0.5, 0.6) is 0 Å². The van der Waals surface area contributed by atoms with E-state index in [1.165, 1.54) is 55.6 Å². The lowest BCUT2D eigenvalue weighted by molar-refractivity contribution is 0.00578. The van der Waals surface area contributed by atoms with Crippen molar-refractivity contribution < 1.29 is 9.31 Å². The lowest BCUT2D eigenvalue weighted by Crippen LogP contribution is -2.41. The molecule has 1 saturated heterocycles. The predicted molar refractivity (Wildman–Crippen MR) is 331 cm³/mol. The summed E-state index contributed by atoms with van der Waals surface area (Å²) in [6.45, 7) is 8.37. The highest BCUT2D eigenvalue weighted by molar-refractivity contribution is 9.10. The number of halogens is 1. The summed E-state index contributed by atoms with van der Waals surface area (Å²) in [5.74, 6) is 1.87. The van der Waals surface area contributed by atoms with Crippen LogP contribution in [0.4, 0.5) is 0 Å². The number of para-hydroxylation sites is 8. The highest BCUT2D eigenvalue weighted by Gasteiger charge is 2.52. The van der Waals surface area contributed by atoms with Crippen LogP contribution in [-0.2, 0) is 22.2 Å². The summed E-state index contributed by atoms with van der Waals surface area (Å²) in [4.78, 5) is 10.2. The topological polar surface area (TPSA) is 62.9 Å². The van der Waals surface area contributed by atoms with E-state index in [1.54, 1.807) is 0 Å². The lowest BCUT2D eigenvalue weighted by atomic mass is 9.77. The second kappa shape index (κ2) is 18.7. The van der Waals surface area contributed by atoms with Gasteiger partial charge in [0.2, 0.25) is 11.6 Å². The van der Waals surface area contributed by atoms with Gasteiger partial charge in [-0.05, 0) is 185 Å². The van der Waals surface area contributed by atoms with Crippen LogP contribution in [0, 0.1) is 0 Å². The normalized spacial score (nSPS) is 14.5. The van der Waals surface area contributed by atoms with Crippen molar-refractivity contribution in [2.75, 3.05) is 0 Å². The van der Waals surface area contributed by atoms with Gasteiger partial charge in [-0.15, -0.1) is 0 Å². The van der Waals surface area contributed by atoms with Crippen LogP contribution in [0.2, 0.25) is 0 Å². The number of nitrogens with zero attached hydrogens (tertiary/aromatic N) is 6. The van der Waals surface area contributed by atoms with Gasteiger partial charge < -0.3 is 9.31 Å². The maximum absolute atomic E-state index is 6.18. The summed E-state index contributed by atoms with van der Waals surface area (Å²) >= 11 is 3.62. The fourth-order valence-electron chi connectivity index (χ4n) is 12.3. The molecule has 0 unspecified atom stereocenters. The van der Waals surface area contributed by atoms with Crippen LogP contribution < -0.4 is 5.46 Å². The maximum atomic E-state index is 6.18. The molecule has 0 atom stereocenters. The zero-order valence-electron chi connectivity index (χ0n) is 44.8. The summed E-state index contributed by atoms with van der Waals surface area (Å²) in [6.07, 6.45) is 2.03. The van der Waals surface area contributed by atoms with E-state index in [0.29, 0.717) is 0 Å². The number of benzene rings is 10. The van der Waals surface area contributed by atoms with Gasteiger partial charge in [0.05, 0.1) is 49.8 Å². The van der Waals surface area contributed by atoms with Crippen LogP contribution in [0.1, 0.15) is 49.9 Å². The molecule has 3 aliphatic rings. The molecule has 80 heavy (non-hydrogen) atoms. The quantitative estimate of drug-likeness (QED) is 0.165. The first-order valence-electron chi connectivity index (χ1n) is 27.4. The smallest absolute Gasteiger partial charge is 0.399 e. The first-order chi connectivity index (χ1) is 39.1. The average Bonchev–Trinajstić information content (AvgIpc) is 4.43. The third-order valence-electron chi connectivity index (χ3n) is 16.9. The van der Waals surface area contributed by atoms with Crippen molar-refractivity contribution in [3.8, 4) is 44.8 Å². The highest BCUT2D eigenvalue weighted by Crippen LogP contribution is 2.42. The van der Waals surface area contributed by atoms with Crippen molar-refractivity contribution in [1.82, 2.24) is 27.9 Å². The molecular weight excluding hydrogens is 1050 g/mol. The summed E-state index contributed by atoms with van der Waals surface area (Å²) < 4.78 is 22.4. The molecule has 0 amide bonds. The van der Waals surface area contributed by atoms with E-state index in [2.05, 4.69) is 280 Å². The molecule has 0 N–H and O–H groups in total. The number of fused-ring (bicyclic) bond motifs is 16. The number of aromatic nitrogens is 6. The van der Waals surface area contributed by atoms with Crippen molar-refractivity contribution >= 4 is 84.2 Å². The monoisotopic (exact) mass is 1100 g/mol. The van der Waals surface area contributed by atoms with Crippen LogP contribution >= 0.6 is 15.9 Å². The molecule has 8 nitrogen and oxygen atoms in total. The molecule has 5 heterocycles. The highest BCUT2D eigenvalue weighted by atomic mass is 79.9. The summed E-state index contributed by atoms with van der Waals surface area (Å²) in [6, 6.07) is 81.5. The van der Waals surface area contributed by atoms with Crippen LogP contribution in [0.15, 0.2) is 235 Å². The van der Waals surface area contributed by atoms with E-state index in [0.717, 1.165) is 89.8 Å². The standard InChI is InChI=1S/C32H21N3.C19H21BO2.C19H12BrN3/c1-2-10-24(11-3-1)34-28-14-6-7-15-29(28)35-30-16-8-13-26(31(30)33-32(34)35)23-18-17-22-19-21-9-4-5-12-25(21)27(22)20-23;1-18(2)19(3,4)22-20(21-18)15-10-9-14-11-13-7-5-6-8-16(13)17(14)12-15;20-14-9-6-12-17-18(14)21-19-22(13-7-2-1-3-8-13)15-10-4-5-11-16(15)23(17)19/h1-18,20H,19H2;5-10,12H,11H2,1-4H3;1-12H. The fourth-order valence-corrected chi connectivity index (χ4v) is 12.7. The minimum atomic E-state index is -0.297. The van der Waals surface area contributed by atoms with Gasteiger partial charge in [-0.25, -0.2) is 9.97 Å². The van der Waals surface area contributed by atoms with E-state index in [-0.39, 0.29) is 18.3 Å². The van der Waals surface area contributed by atoms with Gasteiger partial charge in [0.25, 0.3) is 0 Å². The number of rotatable bonds is 4. The van der Waals surface area contributed by atoms with Gasteiger partial charge in [0.1, 0.15) is 5.52 Å². The number of imidazole rings is 4. The Balaban J connectivity index is 0.000000108. The maximum Gasteiger partial charge on any atom is 0.494 e. The average molecular weight is 1100 g/mol. The van der Waals surface area contributed by atoms with E-state index in [4.69, 9.17) is 19.3 Å². The molecule has 0 radical (unpaired) electrons. The Morgan fingerprint density at radius 3 is 1.39 bits per heavy atom. The van der Waals surface area contributed by atoms with Gasteiger partial charge in [-0.2, -0.15) is 0 Å². The number of hydrogen-bond donors (Lipinski definition) is 0. The third kappa shape index (κ3) is 7.72. The molecule has 0 spiro atoms. The molecule has 2 aliphatic carbocycles. The Kier molecular flexibility index (Phi) is 11.3. The van der Waals surface area contributed by atoms with E-state index < -0.39 is 0 Å². The Bertz CT molecular complexity index is 4750. The fraction of sp³-hybridized carbons (Fsp3) is 0.114. The van der Waals surface area contributed by atoms with E-state index in [1.807, 2.05) is 12.1 Å². The molecule has 10 heteroatoms. The summed E-state index contributed by atoms with van der Waals surface area (Å²) in [5.41, 5.74) is 25.0. The zero-order chi connectivity index (χ0) is 53.9. The van der Waals surface area contributed by atoms with Crippen LogP contribution in [-0.4, -0.2) is 46.2 Å². The molecule has 1 aliphatic heterocycles. The lowest BCUT2D eigenvalue weighted by Gasteiger charge is -2.32. The van der Waals surface area contributed by atoms with Gasteiger partial charge in [0.15, 0.2) is 0 Å². The van der Waals surface area contributed by atoms with Crippen molar-refractivity contribution in [2.45, 2.75) is 51.7 Å². The van der Waals surface area contributed by atoms with Crippen LogP contribution in [0.3, 0.4) is 0 Å². The van der Waals surface area contributed by atoms with Crippen molar-refractivity contribution in [3.05, 3.63) is 257 Å². The molecule has 14 aromatic rings. The molecule has 17 rings (SSSR count). The van der Waals surface area contributed by atoms with E-state index >= 15 is 0 Å². The molecule has 0 bridgehead atoms. The second-order valence-electron chi connectivity index (χ2n) is 22.1. The molecule has 1 fully saturated rings. The minimum absolute atomic E-state index is 0.289. The SMILES string of the molecule is Brc1cccc2c1nc1n(-c3ccccc3)c3ccccc3n21.CC1(C)OB(c2ccc3c(c2)-c2ccccc2C3)OC1(C)C.c1ccc(-n2c3ccccc3n3c4cccc(-c5ccc6c(c5)-c5ccccc5C6)c4nc23)cc1. The van der Waals surface area contributed by atoms with Crippen LogP contribution in [0.25, 0.3) is 100 Å². The number of hydrogen-bond acceptors (Lipinski definition) is 4. The summed E-state index contributed by atoms with van der Waals surface area (Å²) in [5, 5.41) is 0. The predicted octanol–water partition coefficient (Wildman–Crippen LogP) is 16.4.